The van der Waals surface area contributed by atoms with Crippen molar-refractivity contribution < 1.29 is 9.15 Å². The van der Waals surface area contributed by atoms with Gasteiger partial charge in [-0.05, 0) is 35.7 Å². The van der Waals surface area contributed by atoms with Crippen molar-refractivity contribution in [2.24, 2.45) is 5.92 Å². The minimum Gasteiger partial charge on any atom is -0.497 e. The first-order valence-corrected chi connectivity index (χ1v) is 11.8. The zero-order chi connectivity index (χ0) is 22.7. The molecule has 1 unspecified atom stereocenters. The van der Waals surface area contributed by atoms with Gasteiger partial charge < -0.3 is 14.5 Å². The van der Waals surface area contributed by atoms with Gasteiger partial charge in [0.05, 0.1) is 17.2 Å². The Hall–Kier alpha value is -1.99. The molecule has 32 heavy (non-hydrogen) atoms. The van der Waals surface area contributed by atoms with E-state index in [1.807, 2.05) is 30.3 Å². The van der Waals surface area contributed by atoms with Crippen molar-refractivity contribution >= 4 is 40.3 Å². The molecule has 2 heterocycles. The molecule has 2 aromatic carbocycles. The highest BCUT2D eigenvalue weighted by molar-refractivity contribution is 6.42. The minimum atomic E-state index is 0.242. The summed E-state index contributed by atoms with van der Waals surface area (Å²) in [5.74, 6) is 1.20. The average molecular weight is 477 g/mol. The third-order valence-corrected chi connectivity index (χ3v) is 6.76. The van der Waals surface area contributed by atoms with E-state index in [4.69, 9.17) is 32.4 Å². The Balaban J connectivity index is 1.32. The number of anilines is 1. The largest absolute Gasteiger partial charge is 0.497 e. The summed E-state index contributed by atoms with van der Waals surface area (Å²) in [5, 5.41) is 4.73. The number of nitrogens with one attached hydrogen (secondary N) is 1. The van der Waals surface area contributed by atoms with Crippen LogP contribution in [0.5, 0.6) is 5.75 Å². The van der Waals surface area contributed by atoms with E-state index in [0.717, 1.165) is 56.1 Å². The number of fused-ring (bicyclic) bond motifs is 1. The van der Waals surface area contributed by atoms with E-state index < -0.39 is 0 Å². The SMILES string of the molecule is COc1ccc2nc(NC(CN3CCN(Cc4ccc(Cl)c(Cl)c4)CC3)C(C)C)oc2c1. The Morgan fingerprint density at radius 3 is 2.47 bits per heavy atom. The van der Waals surface area contributed by atoms with Gasteiger partial charge in [0.15, 0.2) is 5.58 Å². The normalized spacial score (nSPS) is 16.6. The van der Waals surface area contributed by atoms with E-state index in [9.17, 15) is 0 Å². The summed E-state index contributed by atoms with van der Waals surface area (Å²) in [6.45, 7) is 10.4. The van der Waals surface area contributed by atoms with Gasteiger partial charge >= 0.3 is 0 Å². The first-order valence-electron chi connectivity index (χ1n) is 11.0. The van der Waals surface area contributed by atoms with Gasteiger partial charge in [-0.1, -0.05) is 43.1 Å². The summed E-state index contributed by atoms with van der Waals surface area (Å²) in [7, 11) is 1.65. The van der Waals surface area contributed by atoms with Crippen LogP contribution in [0.15, 0.2) is 40.8 Å². The molecule has 1 N–H and O–H groups in total. The second kappa shape index (κ2) is 10.3. The number of ether oxygens (including phenoxy) is 1. The number of methoxy groups -OCH3 is 1. The van der Waals surface area contributed by atoms with Gasteiger partial charge in [-0.15, -0.1) is 0 Å². The molecule has 6 nitrogen and oxygen atoms in total. The maximum absolute atomic E-state index is 6.16. The van der Waals surface area contributed by atoms with E-state index >= 15 is 0 Å². The lowest BCUT2D eigenvalue weighted by Crippen LogP contribution is -2.50. The third-order valence-electron chi connectivity index (χ3n) is 6.02. The highest BCUT2D eigenvalue weighted by atomic mass is 35.5. The number of hydrogen-bond donors (Lipinski definition) is 1. The van der Waals surface area contributed by atoms with Crippen molar-refractivity contribution in [2.75, 3.05) is 45.2 Å². The summed E-state index contributed by atoms with van der Waals surface area (Å²) in [6.07, 6.45) is 0. The zero-order valence-corrected chi connectivity index (χ0v) is 20.3. The summed E-state index contributed by atoms with van der Waals surface area (Å²) in [5.41, 5.74) is 2.75. The van der Waals surface area contributed by atoms with Crippen LogP contribution in [0, 0.1) is 5.92 Å². The molecule has 1 aromatic heterocycles. The van der Waals surface area contributed by atoms with Gasteiger partial charge in [0.2, 0.25) is 0 Å². The lowest BCUT2D eigenvalue weighted by Gasteiger charge is -2.37. The van der Waals surface area contributed by atoms with Crippen molar-refractivity contribution in [2.45, 2.75) is 26.4 Å². The van der Waals surface area contributed by atoms with Crippen molar-refractivity contribution in [3.8, 4) is 5.75 Å². The van der Waals surface area contributed by atoms with Crippen LogP contribution in [0.2, 0.25) is 10.0 Å². The molecule has 0 saturated carbocycles. The highest BCUT2D eigenvalue weighted by Crippen LogP contribution is 2.25. The number of aromatic nitrogens is 1. The maximum Gasteiger partial charge on any atom is 0.295 e. The molecular formula is C24H30Cl2N4O2. The van der Waals surface area contributed by atoms with Gasteiger partial charge in [0.25, 0.3) is 6.01 Å². The second-order valence-corrected chi connectivity index (χ2v) is 9.49. The number of hydrogen-bond acceptors (Lipinski definition) is 6. The zero-order valence-electron chi connectivity index (χ0n) is 18.8. The van der Waals surface area contributed by atoms with Gasteiger partial charge in [-0.3, -0.25) is 9.80 Å². The first kappa shape index (κ1) is 23.2. The highest BCUT2D eigenvalue weighted by Gasteiger charge is 2.23. The van der Waals surface area contributed by atoms with Gasteiger partial charge in [0.1, 0.15) is 11.3 Å². The Kier molecular flexibility index (Phi) is 7.46. The van der Waals surface area contributed by atoms with Gasteiger partial charge in [-0.2, -0.15) is 4.98 Å². The lowest BCUT2D eigenvalue weighted by atomic mass is 10.0. The molecular weight excluding hydrogens is 447 g/mol. The molecule has 1 fully saturated rings. The number of piperazine rings is 1. The Bertz CT molecular complexity index is 1050. The van der Waals surface area contributed by atoms with E-state index in [1.54, 1.807) is 7.11 Å². The number of rotatable bonds is 8. The summed E-state index contributed by atoms with van der Waals surface area (Å²) < 4.78 is 11.2. The topological polar surface area (TPSA) is 53.8 Å². The van der Waals surface area contributed by atoms with E-state index in [-0.39, 0.29) is 6.04 Å². The number of benzene rings is 2. The third kappa shape index (κ3) is 5.67. The monoisotopic (exact) mass is 476 g/mol. The molecule has 1 saturated heterocycles. The van der Waals surface area contributed by atoms with Crippen LogP contribution < -0.4 is 10.1 Å². The predicted molar refractivity (Wildman–Crippen MR) is 131 cm³/mol. The molecule has 0 amide bonds. The molecule has 0 spiro atoms. The van der Waals surface area contributed by atoms with Crippen LogP contribution >= 0.6 is 23.2 Å². The second-order valence-electron chi connectivity index (χ2n) is 8.67. The van der Waals surface area contributed by atoms with Crippen LogP contribution in [0.3, 0.4) is 0 Å². The molecule has 172 valence electrons. The van der Waals surface area contributed by atoms with Crippen LogP contribution in [-0.4, -0.2) is 60.7 Å². The molecule has 8 heteroatoms. The Labute approximate surface area is 199 Å². The molecule has 0 radical (unpaired) electrons. The smallest absolute Gasteiger partial charge is 0.295 e. The van der Waals surface area contributed by atoms with Crippen molar-refractivity contribution in [1.29, 1.82) is 0 Å². The van der Waals surface area contributed by atoms with Crippen molar-refractivity contribution in [3.63, 3.8) is 0 Å². The molecule has 1 atom stereocenters. The maximum atomic E-state index is 6.16. The van der Waals surface area contributed by atoms with E-state index in [1.165, 1.54) is 5.56 Å². The standard InChI is InChI=1S/C24H30Cl2N4O2/c1-16(2)22(28-24-27-21-7-5-18(31-3)13-23(21)32-24)15-30-10-8-29(9-11-30)14-17-4-6-19(25)20(26)12-17/h4-7,12-13,16,22H,8-11,14-15H2,1-3H3,(H,27,28). The lowest BCUT2D eigenvalue weighted by molar-refractivity contribution is 0.119. The molecule has 0 aliphatic carbocycles. The predicted octanol–water partition coefficient (Wildman–Crippen LogP) is 5.40. The summed E-state index contributed by atoms with van der Waals surface area (Å²) >= 11 is 12.2. The molecule has 1 aliphatic rings. The van der Waals surface area contributed by atoms with Gasteiger partial charge in [0, 0.05) is 51.4 Å². The van der Waals surface area contributed by atoms with Crippen LogP contribution in [0.25, 0.3) is 11.1 Å². The first-order chi connectivity index (χ1) is 15.4. The number of oxazole rings is 1. The average Bonchev–Trinajstić information content (AvgIpc) is 3.18. The fourth-order valence-corrected chi connectivity index (χ4v) is 4.30. The van der Waals surface area contributed by atoms with Gasteiger partial charge in [-0.25, -0.2) is 0 Å². The molecule has 4 rings (SSSR count). The van der Waals surface area contributed by atoms with Crippen LogP contribution in [0.1, 0.15) is 19.4 Å². The summed E-state index contributed by atoms with van der Waals surface area (Å²) in [4.78, 5) is 9.56. The quantitative estimate of drug-likeness (QED) is 0.469. The van der Waals surface area contributed by atoms with Crippen molar-refractivity contribution in [3.05, 3.63) is 52.0 Å². The number of nitrogens with zero attached hydrogens (tertiary/aromatic N) is 3. The molecule has 3 aromatic rings. The van der Waals surface area contributed by atoms with Crippen LogP contribution in [-0.2, 0) is 6.54 Å². The van der Waals surface area contributed by atoms with E-state index in [2.05, 4.69) is 40.0 Å². The molecule has 0 bridgehead atoms. The number of halogens is 2. The fraction of sp³-hybridized carbons (Fsp3) is 0.458. The van der Waals surface area contributed by atoms with Crippen molar-refractivity contribution in [1.82, 2.24) is 14.8 Å². The van der Waals surface area contributed by atoms with Crippen LogP contribution in [0.4, 0.5) is 6.01 Å². The minimum absolute atomic E-state index is 0.242. The molecule has 1 aliphatic heterocycles. The Morgan fingerprint density at radius 2 is 1.78 bits per heavy atom. The summed E-state index contributed by atoms with van der Waals surface area (Å²) in [6, 6.07) is 12.4. The Morgan fingerprint density at radius 1 is 1.03 bits per heavy atom. The fourth-order valence-electron chi connectivity index (χ4n) is 3.98. The van der Waals surface area contributed by atoms with E-state index in [0.29, 0.717) is 22.0 Å².